The van der Waals surface area contributed by atoms with Crippen LogP contribution in [-0.2, 0) is 21.2 Å². The van der Waals surface area contributed by atoms with Gasteiger partial charge >= 0.3 is 0 Å². The zero-order chi connectivity index (χ0) is 19.4. The summed E-state index contributed by atoms with van der Waals surface area (Å²) in [6, 6.07) is 12.4. The molecule has 3 rings (SSSR count). The Bertz CT molecular complexity index is 921. The molecule has 0 saturated carbocycles. The van der Waals surface area contributed by atoms with Gasteiger partial charge in [-0.25, -0.2) is 8.42 Å². The van der Waals surface area contributed by atoms with Crippen LogP contribution < -0.4 is 9.62 Å². The fourth-order valence-corrected chi connectivity index (χ4v) is 4.48. The van der Waals surface area contributed by atoms with Crippen molar-refractivity contribution >= 4 is 27.3 Å². The number of rotatable bonds is 7. The molecule has 0 spiro atoms. The molecule has 0 radical (unpaired) electrons. The third-order valence-corrected chi connectivity index (χ3v) is 6.25. The topological polar surface area (TPSA) is 66.5 Å². The fraction of sp³-hybridized carbons (Fsp3) is 0.381. The highest BCUT2D eigenvalue weighted by atomic mass is 32.2. The van der Waals surface area contributed by atoms with Crippen LogP contribution >= 0.6 is 0 Å². The van der Waals surface area contributed by atoms with Crippen molar-refractivity contribution in [3.8, 4) is 0 Å². The van der Waals surface area contributed by atoms with Crippen LogP contribution in [0, 0.1) is 6.92 Å². The number of amides is 1. The van der Waals surface area contributed by atoms with Crippen LogP contribution in [0.4, 0.5) is 11.4 Å². The summed E-state index contributed by atoms with van der Waals surface area (Å²) in [5.74, 6) is 0.0926. The van der Waals surface area contributed by atoms with Gasteiger partial charge < -0.3 is 4.90 Å². The zero-order valence-electron chi connectivity index (χ0n) is 15.9. The number of hydrogen-bond acceptors (Lipinski definition) is 3. The van der Waals surface area contributed by atoms with Gasteiger partial charge in [0.1, 0.15) is 0 Å². The maximum absolute atomic E-state index is 12.7. The number of nitrogens with zero attached hydrogens (tertiary/aromatic N) is 1. The first-order valence-electron chi connectivity index (χ1n) is 9.43. The summed E-state index contributed by atoms with van der Waals surface area (Å²) in [6.07, 6.45) is 4.64. The van der Waals surface area contributed by atoms with E-state index in [1.807, 2.05) is 19.1 Å². The Hall–Kier alpha value is -2.34. The van der Waals surface area contributed by atoms with Crippen LogP contribution in [0.25, 0.3) is 0 Å². The molecule has 1 saturated heterocycles. The van der Waals surface area contributed by atoms with Gasteiger partial charge in [-0.3, -0.25) is 9.52 Å². The molecular weight excluding hydrogens is 360 g/mol. The summed E-state index contributed by atoms with van der Waals surface area (Å²) in [4.78, 5) is 13.9. The molecule has 2 aromatic rings. The van der Waals surface area contributed by atoms with E-state index in [1.165, 1.54) is 5.56 Å². The fourth-order valence-electron chi connectivity index (χ4n) is 3.34. The molecule has 0 atom stereocenters. The molecule has 1 amide bonds. The van der Waals surface area contributed by atoms with Crippen molar-refractivity contribution in [2.24, 2.45) is 0 Å². The lowest BCUT2D eigenvalue weighted by Gasteiger charge is -2.19. The summed E-state index contributed by atoms with van der Waals surface area (Å²) in [5.41, 5.74) is 3.32. The largest absolute Gasteiger partial charge is 0.312 e. The minimum absolute atomic E-state index is 0.0926. The molecule has 1 N–H and O–H groups in total. The van der Waals surface area contributed by atoms with Crippen LogP contribution in [0.3, 0.4) is 0 Å². The standard InChI is InChI=1S/C21H26N2O3S/c1-3-4-6-17-8-10-18(11-9-17)22-27(25,26)19-12-13-20(16(2)15-19)23-14-5-7-21(23)24/h8-13,15,22H,3-7,14H2,1-2H3. The van der Waals surface area contributed by atoms with Crippen molar-refractivity contribution in [1.29, 1.82) is 0 Å². The van der Waals surface area contributed by atoms with Crippen molar-refractivity contribution in [3.63, 3.8) is 0 Å². The van der Waals surface area contributed by atoms with Gasteiger partial charge in [-0.1, -0.05) is 25.5 Å². The number of unbranched alkanes of at least 4 members (excludes halogenated alkanes) is 1. The number of carbonyl (C=O) groups excluding carboxylic acids is 1. The van der Waals surface area contributed by atoms with Crippen LogP contribution in [0.15, 0.2) is 47.4 Å². The molecule has 5 nitrogen and oxygen atoms in total. The van der Waals surface area contributed by atoms with Gasteiger partial charge in [0, 0.05) is 24.3 Å². The Kier molecular flexibility index (Phi) is 5.85. The molecular formula is C21H26N2O3S. The molecule has 0 aromatic heterocycles. The molecule has 2 aromatic carbocycles. The van der Waals surface area contributed by atoms with Crippen molar-refractivity contribution < 1.29 is 13.2 Å². The summed E-state index contributed by atoms with van der Waals surface area (Å²) in [5, 5.41) is 0. The van der Waals surface area contributed by atoms with Gasteiger partial charge in [0.05, 0.1) is 4.90 Å². The Labute approximate surface area is 161 Å². The van der Waals surface area contributed by atoms with Crippen LogP contribution in [-0.4, -0.2) is 20.9 Å². The van der Waals surface area contributed by atoms with Gasteiger partial charge in [-0.15, -0.1) is 0 Å². The molecule has 0 bridgehead atoms. The van der Waals surface area contributed by atoms with E-state index in [-0.39, 0.29) is 10.8 Å². The second kappa shape index (κ2) is 8.13. The number of sulfonamides is 1. The first kappa shape index (κ1) is 19.4. The Morgan fingerprint density at radius 1 is 1.11 bits per heavy atom. The van der Waals surface area contributed by atoms with Crippen molar-refractivity contribution in [2.75, 3.05) is 16.2 Å². The Balaban J connectivity index is 1.76. The highest BCUT2D eigenvalue weighted by molar-refractivity contribution is 7.92. The minimum Gasteiger partial charge on any atom is -0.312 e. The first-order chi connectivity index (χ1) is 12.9. The van der Waals surface area contributed by atoms with E-state index < -0.39 is 10.0 Å². The number of nitrogens with one attached hydrogen (secondary N) is 1. The van der Waals surface area contributed by atoms with E-state index in [4.69, 9.17) is 0 Å². The quantitative estimate of drug-likeness (QED) is 0.773. The van der Waals surface area contributed by atoms with Crippen LogP contribution in [0.5, 0.6) is 0 Å². The number of anilines is 2. The summed E-state index contributed by atoms with van der Waals surface area (Å²) >= 11 is 0. The SMILES string of the molecule is CCCCc1ccc(NS(=O)(=O)c2ccc(N3CCCC3=O)c(C)c2)cc1. The van der Waals surface area contributed by atoms with E-state index in [1.54, 1.807) is 35.2 Å². The first-order valence-corrected chi connectivity index (χ1v) is 10.9. The van der Waals surface area contributed by atoms with Crippen molar-refractivity contribution in [2.45, 2.75) is 50.8 Å². The molecule has 27 heavy (non-hydrogen) atoms. The number of carbonyl (C=O) groups is 1. The third-order valence-electron chi connectivity index (χ3n) is 4.87. The molecule has 1 fully saturated rings. The normalized spacial score (nSPS) is 14.6. The lowest BCUT2D eigenvalue weighted by molar-refractivity contribution is -0.117. The van der Waals surface area contributed by atoms with Crippen LogP contribution in [0.2, 0.25) is 0 Å². The van der Waals surface area contributed by atoms with Crippen molar-refractivity contribution in [3.05, 3.63) is 53.6 Å². The molecule has 1 heterocycles. The van der Waals surface area contributed by atoms with Gasteiger partial charge in [-0.2, -0.15) is 0 Å². The summed E-state index contributed by atoms with van der Waals surface area (Å²) in [6.45, 7) is 4.67. The smallest absolute Gasteiger partial charge is 0.261 e. The molecule has 144 valence electrons. The van der Waals surface area contributed by atoms with E-state index in [2.05, 4.69) is 11.6 Å². The highest BCUT2D eigenvalue weighted by Gasteiger charge is 2.24. The van der Waals surface area contributed by atoms with Gasteiger partial charge in [0.15, 0.2) is 0 Å². The maximum atomic E-state index is 12.7. The lowest BCUT2D eigenvalue weighted by atomic mass is 10.1. The zero-order valence-corrected chi connectivity index (χ0v) is 16.7. The molecule has 1 aliphatic rings. The van der Waals surface area contributed by atoms with E-state index in [9.17, 15) is 13.2 Å². The second-order valence-corrected chi connectivity index (χ2v) is 8.69. The number of hydrogen-bond donors (Lipinski definition) is 1. The summed E-state index contributed by atoms with van der Waals surface area (Å²) in [7, 11) is -3.67. The Morgan fingerprint density at radius 3 is 2.44 bits per heavy atom. The minimum atomic E-state index is -3.67. The Morgan fingerprint density at radius 2 is 1.85 bits per heavy atom. The number of aryl methyl sites for hydroxylation is 2. The average molecular weight is 387 g/mol. The molecule has 0 aliphatic carbocycles. The average Bonchev–Trinajstić information content (AvgIpc) is 3.06. The van der Waals surface area contributed by atoms with Gasteiger partial charge in [0.2, 0.25) is 5.91 Å². The van der Waals surface area contributed by atoms with Crippen molar-refractivity contribution in [1.82, 2.24) is 0 Å². The monoisotopic (exact) mass is 386 g/mol. The van der Waals surface area contributed by atoms with Crippen LogP contribution in [0.1, 0.15) is 43.7 Å². The molecule has 1 aliphatic heterocycles. The lowest BCUT2D eigenvalue weighted by Crippen LogP contribution is -2.24. The third kappa shape index (κ3) is 4.50. The van der Waals surface area contributed by atoms with E-state index in [0.717, 1.165) is 36.9 Å². The van der Waals surface area contributed by atoms with Gasteiger partial charge in [0.25, 0.3) is 10.0 Å². The van der Waals surface area contributed by atoms with Gasteiger partial charge in [-0.05, 0) is 67.6 Å². The maximum Gasteiger partial charge on any atom is 0.261 e. The molecule has 6 heteroatoms. The summed E-state index contributed by atoms with van der Waals surface area (Å²) < 4.78 is 28.1. The highest BCUT2D eigenvalue weighted by Crippen LogP contribution is 2.28. The second-order valence-electron chi connectivity index (χ2n) is 7.00. The number of benzene rings is 2. The molecule has 0 unspecified atom stereocenters. The van der Waals surface area contributed by atoms with E-state index >= 15 is 0 Å². The predicted octanol–water partition coefficient (Wildman–Crippen LogP) is 4.27. The van der Waals surface area contributed by atoms with E-state index in [0.29, 0.717) is 18.7 Å². The predicted molar refractivity (Wildman–Crippen MR) is 109 cm³/mol.